The predicted molar refractivity (Wildman–Crippen MR) is 80.1 cm³/mol. The summed E-state index contributed by atoms with van der Waals surface area (Å²) in [6, 6.07) is 10.9. The number of nitrogens with zero attached hydrogens (tertiary/aromatic N) is 2. The number of methoxy groups -OCH3 is 1. The summed E-state index contributed by atoms with van der Waals surface area (Å²) in [5.41, 5.74) is 2.78. The van der Waals surface area contributed by atoms with E-state index in [4.69, 9.17) is 4.74 Å². The summed E-state index contributed by atoms with van der Waals surface area (Å²) >= 11 is 0. The lowest BCUT2D eigenvalue weighted by molar-refractivity contribution is -0.384. The molecule has 0 fully saturated rings. The second-order valence-corrected chi connectivity index (χ2v) is 4.63. The Kier molecular flexibility index (Phi) is 4.84. The van der Waals surface area contributed by atoms with Gasteiger partial charge in [-0.15, -0.1) is 0 Å². The van der Waals surface area contributed by atoms with Gasteiger partial charge in [0.2, 0.25) is 5.82 Å². The minimum Gasteiger partial charge on any atom is -0.380 e. The van der Waals surface area contributed by atoms with Crippen LogP contribution in [-0.2, 0) is 17.9 Å². The van der Waals surface area contributed by atoms with E-state index < -0.39 is 4.92 Å². The second-order valence-electron chi connectivity index (χ2n) is 4.63. The number of ether oxygens (including phenoxy) is 1. The summed E-state index contributed by atoms with van der Waals surface area (Å²) in [6.45, 7) is 2.76. The Morgan fingerprint density at radius 2 is 1.95 bits per heavy atom. The first-order valence-corrected chi connectivity index (χ1v) is 6.53. The molecule has 0 unspecified atom stereocenters. The van der Waals surface area contributed by atoms with Crippen molar-refractivity contribution < 1.29 is 9.66 Å². The van der Waals surface area contributed by atoms with Crippen LogP contribution in [0.1, 0.15) is 16.8 Å². The molecule has 21 heavy (non-hydrogen) atoms. The van der Waals surface area contributed by atoms with Crippen molar-refractivity contribution in [1.82, 2.24) is 4.98 Å². The fourth-order valence-electron chi connectivity index (χ4n) is 2.03. The lowest BCUT2D eigenvalue weighted by Crippen LogP contribution is -2.07. The maximum Gasteiger partial charge on any atom is 0.311 e. The fraction of sp³-hybridized carbons (Fsp3) is 0.267. The molecule has 0 bridgehead atoms. The van der Waals surface area contributed by atoms with Crippen LogP contribution in [0.2, 0.25) is 0 Å². The maximum atomic E-state index is 11.0. The molecule has 1 aromatic heterocycles. The Hall–Kier alpha value is -2.47. The van der Waals surface area contributed by atoms with Crippen molar-refractivity contribution in [2.45, 2.75) is 20.1 Å². The van der Waals surface area contributed by atoms with Gasteiger partial charge in [-0.1, -0.05) is 24.3 Å². The van der Waals surface area contributed by atoms with Gasteiger partial charge in [0.25, 0.3) is 0 Å². The molecule has 0 saturated heterocycles. The Morgan fingerprint density at radius 1 is 1.24 bits per heavy atom. The topological polar surface area (TPSA) is 77.3 Å². The number of benzene rings is 1. The van der Waals surface area contributed by atoms with Crippen LogP contribution in [0, 0.1) is 17.0 Å². The van der Waals surface area contributed by atoms with Gasteiger partial charge in [0.05, 0.1) is 11.5 Å². The smallest absolute Gasteiger partial charge is 0.311 e. The molecule has 0 saturated carbocycles. The number of aryl methyl sites for hydroxylation is 1. The van der Waals surface area contributed by atoms with E-state index in [1.807, 2.05) is 24.3 Å². The number of aromatic nitrogens is 1. The summed E-state index contributed by atoms with van der Waals surface area (Å²) in [7, 11) is 1.64. The van der Waals surface area contributed by atoms with E-state index in [0.717, 1.165) is 16.8 Å². The molecule has 0 radical (unpaired) electrons. The zero-order chi connectivity index (χ0) is 15.2. The molecule has 6 heteroatoms. The third-order valence-corrected chi connectivity index (χ3v) is 3.07. The number of anilines is 1. The lowest BCUT2D eigenvalue weighted by Gasteiger charge is -2.11. The molecule has 6 nitrogen and oxygen atoms in total. The van der Waals surface area contributed by atoms with E-state index in [9.17, 15) is 10.1 Å². The molecule has 2 rings (SSSR count). The van der Waals surface area contributed by atoms with Crippen LogP contribution >= 0.6 is 0 Å². The first kappa shape index (κ1) is 14.9. The van der Waals surface area contributed by atoms with E-state index in [1.54, 1.807) is 20.1 Å². The summed E-state index contributed by atoms with van der Waals surface area (Å²) in [5, 5.41) is 14.1. The SMILES string of the molecule is COCc1ccccc1CNc1nc(C)ccc1[N+](=O)[O-]. The van der Waals surface area contributed by atoms with Crippen LogP contribution < -0.4 is 5.32 Å². The largest absolute Gasteiger partial charge is 0.380 e. The number of nitrogens with one attached hydrogen (secondary N) is 1. The zero-order valence-electron chi connectivity index (χ0n) is 12.0. The highest BCUT2D eigenvalue weighted by molar-refractivity contribution is 5.56. The van der Waals surface area contributed by atoms with Crippen molar-refractivity contribution in [1.29, 1.82) is 0 Å². The van der Waals surface area contributed by atoms with E-state index in [0.29, 0.717) is 13.2 Å². The molecule has 0 aliphatic carbocycles. The Bertz CT molecular complexity index is 644. The Morgan fingerprint density at radius 3 is 2.62 bits per heavy atom. The van der Waals surface area contributed by atoms with Crippen molar-refractivity contribution in [3.63, 3.8) is 0 Å². The number of hydrogen-bond donors (Lipinski definition) is 1. The number of hydrogen-bond acceptors (Lipinski definition) is 5. The minimum absolute atomic E-state index is 0.0233. The van der Waals surface area contributed by atoms with Gasteiger partial charge in [0.1, 0.15) is 0 Å². The molecule has 1 N–H and O–H groups in total. The molecular weight excluding hydrogens is 270 g/mol. The van der Waals surface area contributed by atoms with Gasteiger partial charge in [-0.2, -0.15) is 0 Å². The average Bonchev–Trinajstić information content (AvgIpc) is 2.46. The highest BCUT2D eigenvalue weighted by Gasteiger charge is 2.15. The zero-order valence-corrected chi connectivity index (χ0v) is 12.0. The monoisotopic (exact) mass is 287 g/mol. The van der Waals surface area contributed by atoms with Gasteiger partial charge in [-0.05, 0) is 24.1 Å². The Balaban J connectivity index is 2.20. The standard InChI is InChI=1S/C15H17N3O3/c1-11-7-8-14(18(19)20)15(17-11)16-9-12-5-3-4-6-13(12)10-21-2/h3-8H,9-10H2,1-2H3,(H,16,17). The van der Waals surface area contributed by atoms with Crippen molar-refractivity contribution in [2.24, 2.45) is 0 Å². The molecule has 0 atom stereocenters. The third kappa shape index (κ3) is 3.76. The first-order chi connectivity index (χ1) is 10.1. The minimum atomic E-state index is -0.435. The summed E-state index contributed by atoms with van der Waals surface area (Å²) < 4.78 is 5.15. The summed E-state index contributed by atoms with van der Waals surface area (Å²) in [6.07, 6.45) is 0. The van der Waals surface area contributed by atoms with Gasteiger partial charge in [-0.25, -0.2) is 4.98 Å². The Labute approximate surface area is 122 Å². The second kappa shape index (κ2) is 6.81. The quantitative estimate of drug-likeness (QED) is 0.652. The van der Waals surface area contributed by atoms with E-state index >= 15 is 0 Å². The first-order valence-electron chi connectivity index (χ1n) is 6.53. The maximum absolute atomic E-state index is 11.0. The van der Waals surface area contributed by atoms with Crippen molar-refractivity contribution >= 4 is 11.5 Å². The molecule has 1 aromatic carbocycles. The normalized spacial score (nSPS) is 10.4. The lowest BCUT2D eigenvalue weighted by atomic mass is 10.1. The van der Waals surface area contributed by atoms with Crippen LogP contribution in [0.15, 0.2) is 36.4 Å². The molecule has 110 valence electrons. The molecule has 1 heterocycles. The van der Waals surface area contributed by atoms with Crippen LogP contribution in [-0.4, -0.2) is 17.0 Å². The van der Waals surface area contributed by atoms with Crippen LogP contribution in [0.5, 0.6) is 0 Å². The number of nitro groups is 1. The van der Waals surface area contributed by atoms with Crippen molar-refractivity contribution in [3.05, 3.63) is 63.3 Å². The van der Waals surface area contributed by atoms with E-state index in [1.165, 1.54) is 6.07 Å². The van der Waals surface area contributed by atoms with E-state index in [2.05, 4.69) is 10.3 Å². The van der Waals surface area contributed by atoms with Gasteiger partial charge in [-0.3, -0.25) is 10.1 Å². The van der Waals surface area contributed by atoms with Crippen LogP contribution in [0.25, 0.3) is 0 Å². The highest BCUT2D eigenvalue weighted by atomic mass is 16.6. The fourth-order valence-corrected chi connectivity index (χ4v) is 2.03. The molecular formula is C15H17N3O3. The van der Waals surface area contributed by atoms with Crippen LogP contribution in [0.4, 0.5) is 11.5 Å². The molecule has 0 aliphatic heterocycles. The molecule has 0 spiro atoms. The van der Waals surface area contributed by atoms with Gasteiger partial charge >= 0.3 is 5.69 Å². The number of pyridine rings is 1. The highest BCUT2D eigenvalue weighted by Crippen LogP contribution is 2.23. The molecule has 2 aromatic rings. The summed E-state index contributed by atoms with van der Waals surface area (Å²) in [5.74, 6) is 0.284. The third-order valence-electron chi connectivity index (χ3n) is 3.07. The predicted octanol–water partition coefficient (Wildman–Crippen LogP) is 3.06. The number of rotatable bonds is 6. The van der Waals surface area contributed by atoms with Crippen molar-refractivity contribution in [3.8, 4) is 0 Å². The van der Waals surface area contributed by atoms with Crippen LogP contribution in [0.3, 0.4) is 0 Å². The van der Waals surface area contributed by atoms with Gasteiger partial charge in [0, 0.05) is 25.4 Å². The molecule has 0 amide bonds. The average molecular weight is 287 g/mol. The van der Waals surface area contributed by atoms with Gasteiger partial charge < -0.3 is 10.1 Å². The van der Waals surface area contributed by atoms with Gasteiger partial charge in [0.15, 0.2) is 0 Å². The van der Waals surface area contributed by atoms with E-state index in [-0.39, 0.29) is 11.5 Å². The summed E-state index contributed by atoms with van der Waals surface area (Å²) in [4.78, 5) is 14.8. The molecule has 0 aliphatic rings. The van der Waals surface area contributed by atoms with Crippen molar-refractivity contribution in [2.75, 3.05) is 12.4 Å².